The van der Waals surface area contributed by atoms with Gasteiger partial charge in [0.15, 0.2) is 17.4 Å². The number of methoxy groups -OCH3 is 1. The van der Waals surface area contributed by atoms with Crippen LogP contribution in [-0.4, -0.2) is 46.7 Å². The maximum Gasteiger partial charge on any atom is 0.347 e. The highest BCUT2D eigenvalue weighted by atomic mass is 16.5. The second kappa shape index (κ2) is 5.80. The van der Waals surface area contributed by atoms with E-state index >= 15 is 0 Å². The Morgan fingerprint density at radius 1 is 1.18 bits per heavy atom. The van der Waals surface area contributed by atoms with Crippen molar-refractivity contribution in [2.75, 3.05) is 7.11 Å². The molecule has 1 N–H and O–H groups in total. The van der Waals surface area contributed by atoms with Gasteiger partial charge in [-0.1, -0.05) is 30.3 Å². The van der Waals surface area contributed by atoms with Crippen molar-refractivity contribution in [3.05, 3.63) is 47.2 Å². The van der Waals surface area contributed by atoms with Gasteiger partial charge in [0.25, 0.3) is 5.91 Å². The molecule has 0 spiro atoms. The van der Waals surface area contributed by atoms with Crippen LogP contribution >= 0.6 is 0 Å². The van der Waals surface area contributed by atoms with E-state index in [2.05, 4.69) is 4.74 Å². The van der Waals surface area contributed by atoms with Crippen LogP contribution < -0.4 is 0 Å². The van der Waals surface area contributed by atoms with Crippen LogP contribution in [0.1, 0.15) is 17.3 Å². The first-order valence-corrected chi connectivity index (χ1v) is 6.35. The third-order valence-electron chi connectivity index (χ3n) is 3.24. The molecule has 1 aliphatic rings. The van der Waals surface area contributed by atoms with Crippen LogP contribution in [0.25, 0.3) is 0 Å². The standard InChI is InChI=1S/C15H13NO6/c1-8(17)16-11(12(18)9-6-4-3-5-7-9)13(19)10(14(16)20)15(21)22-2/h3-7,11,19H,1-2H3/t11-/m0/s1. The lowest BCUT2D eigenvalue weighted by molar-refractivity contribution is -0.143. The molecule has 0 unspecified atom stereocenters. The summed E-state index contributed by atoms with van der Waals surface area (Å²) in [6.07, 6.45) is 0. The zero-order valence-electron chi connectivity index (χ0n) is 11.9. The van der Waals surface area contributed by atoms with E-state index in [1.54, 1.807) is 18.2 Å². The molecule has 22 heavy (non-hydrogen) atoms. The third-order valence-corrected chi connectivity index (χ3v) is 3.24. The molecule has 1 aromatic rings. The van der Waals surface area contributed by atoms with Crippen LogP contribution in [0, 0.1) is 0 Å². The summed E-state index contributed by atoms with van der Waals surface area (Å²) in [6.45, 7) is 1.07. The summed E-state index contributed by atoms with van der Waals surface area (Å²) < 4.78 is 4.41. The molecule has 7 heteroatoms. The van der Waals surface area contributed by atoms with Gasteiger partial charge in [-0.2, -0.15) is 0 Å². The number of imide groups is 1. The first kappa shape index (κ1) is 15.4. The summed E-state index contributed by atoms with van der Waals surface area (Å²) in [6, 6.07) is 6.30. The molecular formula is C15H13NO6. The van der Waals surface area contributed by atoms with Crippen molar-refractivity contribution >= 4 is 23.6 Å². The van der Waals surface area contributed by atoms with Crippen molar-refractivity contribution in [2.24, 2.45) is 0 Å². The fraction of sp³-hybridized carbons (Fsp3) is 0.200. The second-order valence-corrected chi connectivity index (χ2v) is 4.58. The average Bonchev–Trinajstić information content (AvgIpc) is 2.77. The summed E-state index contributed by atoms with van der Waals surface area (Å²) in [5.41, 5.74) is -0.504. The van der Waals surface area contributed by atoms with Crippen LogP contribution in [0.2, 0.25) is 0 Å². The highest BCUT2D eigenvalue weighted by molar-refractivity contribution is 6.25. The summed E-state index contributed by atoms with van der Waals surface area (Å²) >= 11 is 0. The number of carbonyl (C=O) groups is 4. The number of ether oxygens (including phenoxy) is 1. The molecule has 2 rings (SSSR count). The number of ketones is 1. The molecule has 0 aromatic heterocycles. The van der Waals surface area contributed by atoms with Gasteiger partial charge in [0.2, 0.25) is 5.91 Å². The fourth-order valence-electron chi connectivity index (χ4n) is 2.23. The minimum atomic E-state index is -1.55. The monoisotopic (exact) mass is 303 g/mol. The summed E-state index contributed by atoms with van der Waals surface area (Å²) in [5.74, 6) is -4.35. The van der Waals surface area contributed by atoms with E-state index in [1.165, 1.54) is 12.1 Å². The largest absolute Gasteiger partial charge is 0.508 e. The molecule has 1 aromatic carbocycles. The molecule has 1 heterocycles. The molecule has 0 radical (unpaired) electrons. The van der Waals surface area contributed by atoms with E-state index in [0.717, 1.165) is 14.0 Å². The molecule has 0 aliphatic carbocycles. The Morgan fingerprint density at radius 2 is 1.77 bits per heavy atom. The lowest BCUT2D eigenvalue weighted by Crippen LogP contribution is -2.44. The van der Waals surface area contributed by atoms with Gasteiger partial charge in [-0.05, 0) is 0 Å². The van der Waals surface area contributed by atoms with Crippen LogP contribution in [0.5, 0.6) is 0 Å². The smallest absolute Gasteiger partial charge is 0.347 e. The number of rotatable bonds is 3. The molecule has 7 nitrogen and oxygen atoms in total. The zero-order valence-corrected chi connectivity index (χ0v) is 11.9. The molecule has 0 saturated carbocycles. The number of hydrogen-bond donors (Lipinski definition) is 1. The first-order valence-electron chi connectivity index (χ1n) is 6.35. The van der Waals surface area contributed by atoms with Gasteiger partial charge < -0.3 is 9.84 Å². The van der Waals surface area contributed by atoms with E-state index in [0.29, 0.717) is 4.90 Å². The lowest BCUT2D eigenvalue weighted by atomic mass is 10.0. The number of esters is 1. The van der Waals surface area contributed by atoms with E-state index in [4.69, 9.17) is 0 Å². The molecule has 1 atom stereocenters. The number of aliphatic hydroxyl groups excluding tert-OH is 1. The van der Waals surface area contributed by atoms with E-state index in [-0.39, 0.29) is 5.56 Å². The molecule has 0 saturated heterocycles. The predicted molar refractivity (Wildman–Crippen MR) is 73.8 cm³/mol. The Morgan fingerprint density at radius 3 is 2.27 bits per heavy atom. The Bertz CT molecular complexity index is 691. The summed E-state index contributed by atoms with van der Waals surface area (Å²) in [5, 5.41) is 10.1. The van der Waals surface area contributed by atoms with Crippen LogP contribution in [-0.2, 0) is 19.1 Å². The van der Waals surface area contributed by atoms with E-state index in [9.17, 15) is 24.3 Å². The molecule has 2 amide bonds. The van der Waals surface area contributed by atoms with Crippen molar-refractivity contribution in [3.63, 3.8) is 0 Å². The highest BCUT2D eigenvalue weighted by Gasteiger charge is 2.48. The summed E-state index contributed by atoms with van der Waals surface area (Å²) in [4.78, 5) is 48.4. The van der Waals surface area contributed by atoms with Gasteiger partial charge in [0.1, 0.15) is 5.76 Å². The third kappa shape index (κ3) is 2.37. The Labute approximate surface area is 125 Å². The fourth-order valence-corrected chi connectivity index (χ4v) is 2.23. The van der Waals surface area contributed by atoms with Gasteiger partial charge >= 0.3 is 5.97 Å². The minimum absolute atomic E-state index is 0.198. The number of hydrogen-bond acceptors (Lipinski definition) is 6. The molecule has 0 bridgehead atoms. The van der Waals surface area contributed by atoms with Gasteiger partial charge in [0.05, 0.1) is 7.11 Å². The van der Waals surface area contributed by atoms with Crippen molar-refractivity contribution in [1.29, 1.82) is 0 Å². The maximum atomic E-state index is 12.5. The minimum Gasteiger partial charge on any atom is -0.508 e. The van der Waals surface area contributed by atoms with Crippen molar-refractivity contribution < 1.29 is 29.0 Å². The van der Waals surface area contributed by atoms with Gasteiger partial charge in [0, 0.05) is 12.5 Å². The Kier molecular flexibility index (Phi) is 4.07. The van der Waals surface area contributed by atoms with Crippen molar-refractivity contribution in [2.45, 2.75) is 13.0 Å². The van der Waals surface area contributed by atoms with E-state index in [1.807, 2.05) is 0 Å². The number of nitrogens with zero attached hydrogens (tertiary/aromatic N) is 1. The van der Waals surface area contributed by atoms with Gasteiger partial charge in [-0.25, -0.2) is 4.79 Å². The summed E-state index contributed by atoms with van der Waals surface area (Å²) in [7, 11) is 1.03. The first-order chi connectivity index (χ1) is 10.4. The Balaban J connectivity index is 2.53. The van der Waals surface area contributed by atoms with Gasteiger partial charge in [-0.3, -0.25) is 19.3 Å². The Hall–Kier alpha value is -2.96. The number of carbonyl (C=O) groups excluding carboxylic acids is 4. The van der Waals surface area contributed by atoms with Crippen LogP contribution in [0.3, 0.4) is 0 Å². The van der Waals surface area contributed by atoms with Gasteiger partial charge in [-0.15, -0.1) is 0 Å². The zero-order chi connectivity index (χ0) is 16.4. The highest BCUT2D eigenvalue weighted by Crippen LogP contribution is 2.28. The molecule has 1 aliphatic heterocycles. The maximum absolute atomic E-state index is 12.5. The van der Waals surface area contributed by atoms with Crippen LogP contribution in [0.15, 0.2) is 41.7 Å². The number of aliphatic hydroxyl groups is 1. The SMILES string of the molecule is COC(=O)C1=C(O)[C@H](C(=O)c2ccccc2)N(C(C)=O)C1=O. The molecule has 0 fully saturated rings. The number of benzene rings is 1. The number of Topliss-reactive ketones (excluding diaryl/α,β-unsaturated/α-hetero) is 1. The average molecular weight is 303 g/mol. The second-order valence-electron chi connectivity index (χ2n) is 4.58. The number of amides is 2. The quantitative estimate of drug-likeness (QED) is 0.499. The van der Waals surface area contributed by atoms with Crippen molar-refractivity contribution in [3.8, 4) is 0 Å². The topological polar surface area (TPSA) is 101 Å². The van der Waals surface area contributed by atoms with E-state index < -0.39 is 40.9 Å². The lowest BCUT2D eigenvalue weighted by Gasteiger charge is -2.20. The van der Waals surface area contributed by atoms with Crippen LogP contribution in [0.4, 0.5) is 0 Å². The predicted octanol–water partition coefficient (Wildman–Crippen LogP) is 0.612. The molecule has 114 valence electrons. The normalized spacial score (nSPS) is 17.6. The van der Waals surface area contributed by atoms with Crippen molar-refractivity contribution in [1.82, 2.24) is 4.90 Å². The molecular weight excluding hydrogens is 290 g/mol.